The molecule has 2 aliphatic heterocycles. The van der Waals surface area contributed by atoms with Crippen LogP contribution < -0.4 is 20.9 Å². The molecule has 1 atom stereocenters. The second-order valence-electron chi connectivity index (χ2n) is 11.1. The number of likely N-dealkylation sites (N-methyl/N-ethyl adjacent to an activating group) is 1. The Morgan fingerprint density at radius 2 is 1.71 bits per heavy atom. The number of alkyl halides is 3. The first kappa shape index (κ1) is 31.9. The molecule has 14 heteroatoms. The molecule has 2 amide bonds. The van der Waals surface area contributed by atoms with Gasteiger partial charge in [-0.25, -0.2) is 0 Å². The highest BCUT2D eigenvalue weighted by Crippen LogP contribution is 2.34. The van der Waals surface area contributed by atoms with E-state index in [1.165, 1.54) is 24.3 Å². The van der Waals surface area contributed by atoms with Gasteiger partial charge in [0.15, 0.2) is 0 Å². The summed E-state index contributed by atoms with van der Waals surface area (Å²) in [4.78, 5) is 42.2. The van der Waals surface area contributed by atoms with Crippen LogP contribution in [0.1, 0.15) is 43.5 Å². The minimum atomic E-state index is -4.66. The molecular formula is C31H33F3N6O5. The lowest BCUT2D eigenvalue weighted by molar-refractivity contribution is -0.385. The molecule has 2 heterocycles. The molecule has 3 N–H and O–H groups in total. The maximum atomic E-state index is 13.6. The van der Waals surface area contributed by atoms with E-state index in [9.17, 15) is 32.9 Å². The highest BCUT2D eigenvalue weighted by Gasteiger charge is 2.33. The fraction of sp³-hybridized carbons (Fsp3) is 0.355. The lowest BCUT2D eigenvalue weighted by atomic mass is 9.97. The number of nitro benzene ring substituents is 1. The molecule has 45 heavy (non-hydrogen) atoms. The van der Waals surface area contributed by atoms with Gasteiger partial charge in [0.1, 0.15) is 5.56 Å². The summed E-state index contributed by atoms with van der Waals surface area (Å²) in [5.74, 6) is -1.51. The first-order valence-electron chi connectivity index (χ1n) is 14.4. The van der Waals surface area contributed by atoms with Crippen LogP contribution in [0.5, 0.6) is 0 Å². The molecule has 1 unspecified atom stereocenters. The number of nitrogens with one attached hydrogen (secondary N) is 3. The van der Waals surface area contributed by atoms with Crippen molar-refractivity contribution in [1.29, 1.82) is 0 Å². The Morgan fingerprint density at radius 1 is 0.978 bits per heavy atom. The summed E-state index contributed by atoms with van der Waals surface area (Å²) in [5.41, 5.74) is 0.406. The van der Waals surface area contributed by atoms with Crippen LogP contribution in [0.2, 0.25) is 0 Å². The third-order valence-corrected chi connectivity index (χ3v) is 7.93. The van der Waals surface area contributed by atoms with Crippen LogP contribution in [-0.2, 0) is 10.9 Å². The number of morpholine rings is 1. The van der Waals surface area contributed by atoms with Crippen LogP contribution in [0, 0.1) is 17.0 Å². The molecule has 2 aliphatic rings. The molecule has 238 valence electrons. The van der Waals surface area contributed by atoms with Gasteiger partial charge in [-0.3, -0.25) is 19.7 Å². The molecular weight excluding hydrogens is 593 g/mol. The Hall–Kier alpha value is -4.53. The Morgan fingerprint density at radius 3 is 2.38 bits per heavy atom. The quantitative estimate of drug-likeness (QED) is 0.251. The van der Waals surface area contributed by atoms with Crippen LogP contribution >= 0.6 is 0 Å². The number of nitrogens with zero attached hydrogens (tertiary/aromatic N) is 3. The van der Waals surface area contributed by atoms with Gasteiger partial charge in [-0.05, 0) is 61.5 Å². The molecule has 0 aliphatic carbocycles. The summed E-state index contributed by atoms with van der Waals surface area (Å²) in [7, 11) is 2.01. The Bertz CT molecular complexity index is 1600. The highest BCUT2D eigenvalue weighted by atomic mass is 19.4. The Balaban J connectivity index is 1.40. The number of amides is 2. The number of halogens is 3. The molecule has 2 saturated heterocycles. The van der Waals surface area contributed by atoms with E-state index in [1.807, 2.05) is 7.05 Å². The molecule has 0 spiro atoms. The zero-order chi connectivity index (χ0) is 32.3. The van der Waals surface area contributed by atoms with Crippen molar-refractivity contribution >= 4 is 34.6 Å². The number of piperazine rings is 1. The molecule has 0 saturated carbocycles. The monoisotopic (exact) mass is 626 g/mol. The lowest BCUT2D eigenvalue weighted by Gasteiger charge is -2.34. The van der Waals surface area contributed by atoms with E-state index < -0.39 is 34.6 Å². The zero-order valence-electron chi connectivity index (χ0n) is 24.7. The van der Waals surface area contributed by atoms with Gasteiger partial charge >= 0.3 is 6.18 Å². The number of rotatable bonds is 7. The van der Waals surface area contributed by atoms with Crippen molar-refractivity contribution in [2.24, 2.45) is 0 Å². The van der Waals surface area contributed by atoms with Gasteiger partial charge in [0, 0.05) is 68.0 Å². The topological polar surface area (TPSA) is 129 Å². The second kappa shape index (κ2) is 13.2. The van der Waals surface area contributed by atoms with Crippen molar-refractivity contribution in [3.63, 3.8) is 0 Å². The number of benzene rings is 3. The van der Waals surface area contributed by atoms with Crippen molar-refractivity contribution < 1.29 is 32.4 Å². The molecule has 3 aromatic carbocycles. The number of hydrogen-bond acceptors (Lipinski definition) is 8. The molecule has 11 nitrogen and oxygen atoms in total. The number of nitro groups is 1. The molecule has 0 bridgehead atoms. The number of anilines is 3. The largest absolute Gasteiger partial charge is 0.416 e. The van der Waals surface area contributed by atoms with E-state index in [0.717, 1.165) is 25.2 Å². The number of hydrogen-bond donors (Lipinski definition) is 3. The standard InChI is InChI=1S/C31H33F3N6O5/c1-19-3-5-21(36-29(41)24-15-20(31(32,33)34)4-7-23(24)28-18-35-9-14-45-28)16-26(19)37-30(42)25-17-22(6-8-27(25)40(43)44)39-12-10-38(2)11-13-39/h3-8,15-17,28,35H,9-14,18H2,1-2H3,(H,36,41)(H,37,42). The predicted molar refractivity (Wildman–Crippen MR) is 163 cm³/mol. The van der Waals surface area contributed by atoms with E-state index in [0.29, 0.717) is 49.6 Å². The van der Waals surface area contributed by atoms with E-state index in [4.69, 9.17) is 4.74 Å². The van der Waals surface area contributed by atoms with Gasteiger partial charge in [-0.1, -0.05) is 12.1 Å². The summed E-state index contributed by atoms with van der Waals surface area (Å²) in [6.45, 7) is 5.97. The molecule has 5 rings (SSSR count). The summed E-state index contributed by atoms with van der Waals surface area (Å²) >= 11 is 0. The van der Waals surface area contributed by atoms with Gasteiger partial charge in [0.05, 0.1) is 23.2 Å². The summed E-state index contributed by atoms with van der Waals surface area (Å²) < 4.78 is 46.4. The fourth-order valence-electron chi connectivity index (χ4n) is 5.32. The van der Waals surface area contributed by atoms with Gasteiger partial charge in [0.2, 0.25) is 0 Å². The van der Waals surface area contributed by atoms with Crippen LogP contribution in [0.4, 0.5) is 35.9 Å². The van der Waals surface area contributed by atoms with Crippen LogP contribution in [0.25, 0.3) is 0 Å². The van der Waals surface area contributed by atoms with E-state index in [1.54, 1.807) is 25.1 Å². The van der Waals surface area contributed by atoms with Gasteiger partial charge < -0.3 is 30.5 Å². The predicted octanol–water partition coefficient (Wildman–Crippen LogP) is 4.84. The van der Waals surface area contributed by atoms with Gasteiger partial charge in [0.25, 0.3) is 17.5 Å². The molecule has 0 aromatic heterocycles. The first-order valence-corrected chi connectivity index (χ1v) is 14.4. The molecule has 3 aromatic rings. The van der Waals surface area contributed by atoms with Crippen molar-refractivity contribution in [1.82, 2.24) is 10.2 Å². The summed E-state index contributed by atoms with van der Waals surface area (Å²) in [6, 6.07) is 12.0. The van der Waals surface area contributed by atoms with Crippen LogP contribution in [0.3, 0.4) is 0 Å². The average molecular weight is 627 g/mol. The van der Waals surface area contributed by atoms with Crippen molar-refractivity contribution in [2.45, 2.75) is 19.2 Å². The second-order valence-corrected chi connectivity index (χ2v) is 11.1. The third kappa shape index (κ3) is 7.41. The maximum absolute atomic E-state index is 13.6. The minimum absolute atomic E-state index is 0.125. The van der Waals surface area contributed by atoms with Crippen LogP contribution in [0.15, 0.2) is 54.6 Å². The zero-order valence-corrected chi connectivity index (χ0v) is 24.7. The third-order valence-electron chi connectivity index (χ3n) is 7.93. The van der Waals surface area contributed by atoms with Gasteiger partial charge in [-0.2, -0.15) is 13.2 Å². The fourth-order valence-corrected chi connectivity index (χ4v) is 5.32. The van der Waals surface area contributed by atoms with E-state index in [-0.39, 0.29) is 28.2 Å². The smallest absolute Gasteiger partial charge is 0.371 e. The van der Waals surface area contributed by atoms with E-state index in [2.05, 4.69) is 25.8 Å². The average Bonchev–Trinajstić information content (AvgIpc) is 3.02. The Kier molecular flexibility index (Phi) is 9.37. The number of aryl methyl sites for hydroxylation is 1. The number of carbonyl (C=O) groups excluding carboxylic acids is 2. The first-order chi connectivity index (χ1) is 21.4. The normalized spacial score (nSPS) is 17.5. The van der Waals surface area contributed by atoms with E-state index >= 15 is 0 Å². The minimum Gasteiger partial charge on any atom is -0.371 e. The summed E-state index contributed by atoms with van der Waals surface area (Å²) in [6.07, 6.45) is -5.28. The molecule has 0 radical (unpaired) electrons. The number of ether oxygens (including phenoxy) is 1. The highest BCUT2D eigenvalue weighted by molar-refractivity contribution is 6.09. The SMILES string of the molecule is Cc1ccc(NC(=O)c2cc(C(F)(F)F)ccc2C2CNCCO2)cc1NC(=O)c1cc(N2CCN(C)CC2)ccc1[N+](=O)[O-]. The summed E-state index contributed by atoms with van der Waals surface area (Å²) in [5, 5.41) is 20.2. The van der Waals surface area contributed by atoms with Crippen molar-refractivity contribution in [3.8, 4) is 0 Å². The number of carbonyl (C=O) groups is 2. The van der Waals surface area contributed by atoms with Crippen molar-refractivity contribution in [2.75, 3.05) is 68.5 Å². The Labute approximate surface area is 257 Å². The lowest BCUT2D eigenvalue weighted by Crippen LogP contribution is -2.44. The van der Waals surface area contributed by atoms with Crippen molar-refractivity contribution in [3.05, 3.63) is 92.5 Å². The van der Waals surface area contributed by atoms with Crippen LogP contribution in [-0.4, -0.2) is 74.6 Å². The van der Waals surface area contributed by atoms with Gasteiger partial charge in [-0.15, -0.1) is 0 Å². The maximum Gasteiger partial charge on any atom is 0.416 e. The molecule has 2 fully saturated rings.